The van der Waals surface area contributed by atoms with E-state index in [1.54, 1.807) is 14.1 Å². The molecule has 0 saturated carbocycles. The molecule has 32 heavy (non-hydrogen) atoms. The van der Waals surface area contributed by atoms with Crippen molar-refractivity contribution >= 4 is 23.0 Å². The zero-order valence-corrected chi connectivity index (χ0v) is 18.5. The van der Waals surface area contributed by atoms with Crippen LogP contribution in [0.4, 0.5) is 17.1 Å². The van der Waals surface area contributed by atoms with Gasteiger partial charge in [0.25, 0.3) is 16.8 Å². The Labute approximate surface area is 185 Å². The molecule has 8 heteroatoms. The Morgan fingerprint density at radius 2 is 1.81 bits per heavy atom. The third-order valence-electron chi connectivity index (χ3n) is 6.18. The van der Waals surface area contributed by atoms with E-state index in [4.69, 9.17) is 0 Å². The van der Waals surface area contributed by atoms with Crippen LogP contribution < -0.4 is 21.5 Å². The molecule has 0 radical (unpaired) electrons. The van der Waals surface area contributed by atoms with Gasteiger partial charge >= 0.3 is 0 Å². The van der Waals surface area contributed by atoms with Crippen LogP contribution in [0.2, 0.25) is 0 Å². The highest BCUT2D eigenvalue weighted by Crippen LogP contribution is 2.45. The quantitative estimate of drug-likeness (QED) is 0.529. The standard InChI is InChI=1S/C24H26N4O4/c1-24(2)11-9-13-7-5-6-8-14(13)22(24)27-17-16(20(30)21(17)31)26-15-10-12-25-18(19(15)29)23(32)28(3)4/h5-8,10,12,22,27,29H,9,11H2,1-4H3,(H,25,26)/t22-/m1/s1. The van der Waals surface area contributed by atoms with Crippen molar-refractivity contribution in [1.82, 2.24) is 9.88 Å². The van der Waals surface area contributed by atoms with Crippen molar-refractivity contribution in [2.75, 3.05) is 24.7 Å². The number of fused-ring (bicyclic) bond motifs is 1. The van der Waals surface area contributed by atoms with E-state index < -0.39 is 16.8 Å². The van der Waals surface area contributed by atoms with Gasteiger partial charge in [0.2, 0.25) is 0 Å². The fourth-order valence-electron chi connectivity index (χ4n) is 4.19. The monoisotopic (exact) mass is 434 g/mol. The number of pyridine rings is 1. The minimum Gasteiger partial charge on any atom is -0.504 e. The van der Waals surface area contributed by atoms with Gasteiger partial charge in [0.05, 0.1) is 11.7 Å². The molecular weight excluding hydrogens is 408 g/mol. The third-order valence-corrected chi connectivity index (χ3v) is 6.18. The Balaban J connectivity index is 1.68. The maximum atomic E-state index is 12.5. The van der Waals surface area contributed by atoms with Crippen molar-refractivity contribution in [2.24, 2.45) is 5.41 Å². The van der Waals surface area contributed by atoms with Gasteiger partial charge in [-0.1, -0.05) is 38.1 Å². The SMILES string of the molecule is CN(C)C(=O)c1nccc(Nc2c(N[C@@H]3c4ccccc4CCC3(C)C)c(=O)c2=O)c1O. The Kier molecular flexibility index (Phi) is 5.24. The van der Waals surface area contributed by atoms with E-state index >= 15 is 0 Å². The first kappa shape index (κ1) is 21.5. The Morgan fingerprint density at radius 1 is 1.12 bits per heavy atom. The predicted molar refractivity (Wildman–Crippen MR) is 123 cm³/mol. The van der Waals surface area contributed by atoms with Gasteiger partial charge in [-0.3, -0.25) is 14.4 Å². The average molecular weight is 434 g/mol. The molecule has 8 nitrogen and oxygen atoms in total. The lowest BCUT2D eigenvalue weighted by molar-refractivity contribution is 0.0819. The lowest BCUT2D eigenvalue weighted by atomic mass is 9.70. The number of nitrogens with one attached hydrogen (secondary N) is 2. The number of carbonyl (C=O) groups excluding carboxylic acids is 1. The molecule has 0 aliphatic heterocycles. The summed E-state index contributed by atoms with van der Waals surface area (Å²) in [6.07, 6.45) is 3.24. The van der Waals surface area contributed by atoms with Crippen molar-refractivity contribution in [3.63, 3.8) is 0 Å². The lowest BCUT2D eigenvalue weighted by Gasteiger charge is -2.41. The molecule has 3 aromatic rings. The van der Waals surface area contributed by atoms with Crippen LogP contribution in [0.5, 0.6) is 5.75 Å². The normalized spacial score (nSPS) is 16.9. The molecule has 1 aromatic heterocycles. The molecule has 1 aliphatic rings. The van der Waals surface area contributed by atoms with Crippen molar-refractivity contribution in [3.8, 4) is 5.75 Å². The van der Waals surface area contributed by atoms with Gasteiger partial charge in [-0.05, 0) is 35.4 Å². The summed E-state index contributed by atoms with van der Waals surface area (Å²) in [4.78, 5) is 42.3. The van der Waals surface area contributed by atoms with Gasteiger partial charge in [-0.15, -0.1) is 0 Å². The zero-order chi connectivity index (χ0) is 23.2. The highest BCUT2D eigenvalue weighted by atomic mass is 16.3. The first-order valence-electron chi connectivity index (χ1n) is 10.5. The third kappa shape index (κ3) is 3.51. The van der Waals surface area contributed by atoms with Gasteiger partial charge in [0.1, 0.15) is 11.4 Å². The molecule has 166 valence electrons. The molecule has 0 spiro atoms. The maximum absolute atomic E-state index is 12.5. The van der Waals surface area contributed by atoms with E-state index in [-0.39, 0.29) is 40.0 Å². The summed E-state index contributed by atoms with van der Waals surface area (Å²) in [6, 6.07) is 9.38. The number of nitrogens with zero attached hydrogens (tertiary/aromatic N) is 2. The van der Waals surface area contributed by atoms with Gasteiger partial charge in [0, 0.05) is 20.3 Å². The van der Waals surface area contributed by atoms with E-state index in [1.807, 2.05) is 18.2 Å². The fourth-order valence-corrected chi connectivity index (χ4v) is 4.19. The smallest absolute Gasteiger partial charge is 0.275 e. The number of anilines is 3. The first-order chi connectivity index (χ1) is 15.1. The number of hydrogen-bond acceptors (Lipinski definition) is 7. The second kappa shape index (κ2) is 7.78. The molecule has 0 bridgehead atoms. The second-order valence-corrected chi connectivity index (χ2v) is 9.05. The van der Waals surface area contributed by atoms with Gasteiger partial charge in [-0.25, -0.2) is 4.98 Å². The van der Waals surface area contributed by atoms with Crippen LogP contribution in [0, 0.1) is 5.41 Å². The number of hydrogen-bond donors (Lipinski definition) is 3. The second-order valence-electron chi connectivity index (χ2n) is 9.05. The zero-order valence-electron chi connectivity index (χ0n) is 18.5. The Hall–Kier alpha value is -3.68. The van der Waals surface area contributed by atoms with E-state index in [0.29, 0.717) is 0 Å². The molecule has 0 saturated heterocycles. The highest BCUT2D eigenvalue weighted by molar-refractivity contribution is 5.97. The van der Waals surface area contributed by atoms with Crippen LogP contribution >= 0.6 is 0 Å². The summed E-state index contributed by atoms with van der Waals surface area (Å²) in [6.45, 7) is 4.26. The van der Waals surface area contributed by atoms with Crippen LogP contribution in [0.1, 0.15) is 47.9 Å². The minimum atomic E-state index is -0.675. The molecule has 4 rings (SSSR count). The maximum Gasteiger partial charge on any atom is 0.275 e. The number of aryl methyl sites for hydroxylation is 1. The van der Waals surface area contributed by atoms with Crippen LogP contribution in [0.25, 0.3) is 0 Å². The number of rotatable bonds is 5. The Bertz CT molecular complexity index is 1270. The van der Waals surface area contributed by atoms with Crippen molar-refractivity contribution < 1.29 is 9.90 Å². The molecule has 0 fully saturated rings. The van der Waals surface area contributed by atoms with E-state index in [0.717, 1.165) is 18.4 Å². The van der Waals surface area contributed by atoms with Crippen LogP contribution in [-0.2, 0) is 6.42 Å². The molecule has 1 amide bonds. The van der Waals surface area contributed by atoms with Gasteiger partial charge in [-0.2, -0.15) is 0 Å². The van der Waals surface area contributed by atoms with Crippen molar-refractivity contribution in [1.29, 1.82) is 0 Å². The summed E-state index contributed by atoms with van der Waals surface area (Å²) in [5.74, 6) is -0.858. The Morgan fingerprint density at radius 3 is 2.53 bits per heavy atom. The highest BCUT2D eigenvalue weighted by Gasteiger charge is 2.38. The largest absolute Gasteiger partial charge is 0.504 e. The summed E-state index contributed by atoms with van der Waals surface area (Å²) < 4.78 is 0. The van der Waals surface area contributed by atoms with Crippen LogP contribution in [0.15, 0.2) is 46.1 Å². The molecule has 3 N–H and O–H groups in total. The molecular formula is C24H26N4O4. The molecule has 2 aromatic carbocycles. The molecule has 0 unspecified atom stereocenters. The van der Waals surface area contributed by atoms with Crippen molar-refractivity contribution in [2.45, 2.75) is 32.7 Å². The summed E-state index contributed by atoms with van der Waals surface area (Å²) in [7, 11) is 3.10. The lowest BCUT2D eigenvalue weighted by Crippen LogP contribution is -2.41. The summed E-state index contributed by atoms with van der Waals surface area (Å²) >= 11 is 0. The number of aromatic nitrogens is 1. The number of carbonyl (C=O) groups is 1. The van der Waals surface area contributed by atoms with E-state index in [9.17, 15) is 19.5 Å². The first-order valence-corrected chi connectivity index (χ1v) is 10.5. The minimum absolute atomic E-state index is 0.0682. The summed E-state index contributed by atoms with van der Waals surface area (Å²) in [5, 5.41) is 16.7. The van der Waals surface area contributed by atoms with Crippen LogP contribution in [0.3, 0.4) is 0 Å². The number of amides is 1. The molecule has 1 atom stereocenters. The fraction of sp³-hybridized carbons (Fsp3) is 0.333. The molecule has 1 heterocycles. The summed E-state index contributed by atoms with van der Waals surface area (Å²) in [5.41, 5.74) is 1.13. The van der Waals surface area contributed by atoms with E-state index in [2.05, 4.69) is 35.5 Å². The van der Waals surface area contributed by atoms with Gasteiger partial charge in [0.15, 0.2) is 11.4 Å². The topological polar surface area (TPSA) is 112 Å². The van der Waals surface area contributed by atoms with Crippen LogP contribution in [-0.4, -0.2) is 35.0 Å². The average Bonchev–Trinajstić information content (AvgIpc) is 2.77. The molecule has 1 aliphatic carbocycles. The van der Waals surface area contributed by atoms with Gasteiger partial charge < -0.3 is 20.6 Å². The number of benzene rings is 1. The van der Waals surface area contributed by atoms with E-state index in [1.165, 1.54) is 22.7 Å². The predicted octanol–water partition coefficient (Wildman–Crippen LogP) is 2.95. The number of aromatic hydroxyl groups is 1. The van der Waals surface area contributed by atoms with Crippen molar-refractivity contribution in [3.05, 3.63) is 73.8 Å².